The average molecular weight is 332 g/mol. The number of hydrogen-bond acceptors (Lipinski definition) is 3. The van der Waals surface area contributed by atoms with Crippen LogP contribution in [0.15, 0.2) is 29.2 Å². The zero-order valence-electron chi connectivity index (χ0n) is 12.5. The molecule has 0 bridgehead atoms. The van der Waals surface area contributed by atoms with Crippen LogP contribution in [0.4, 0.5) is 0 Å². The molecule has 0 saturated carbocycles. The van der Waals surface area contributed by atoms with E-state index in [-0.39, 0.29) is 0 Å². The molecule has 0 N–H and O–H groups in total. The number of hydrogen-bond donors (Lipinski definition) is 0. The Morgan fingerprint density at radius 3 is 2.52 bits per heavy atom. The zero-order chi connectivity index (χ0) is 15.5. The van der Waals surface area contributed by atoms with E-state index in [9.17, 15) is 8.42 Å². The maximum absolute atomic E-state index is 12.8. The maximum atomic E-state index is 12.8. The van der Waals surface area contributed by atoms with E-state index in [1.54, 1.807) is 12.1 Å². The van der Waals surface area contributed by atoms with Crippen molar-refractivity contribution in [3.63, 3.8) is 0 Å². The third kappa shape index (κ3) is 3.77. The molecule has 0 aliphatic carbocycles. The fourth-order valence-electron chi connectivity index (χ4n) is 2.52. The molecular weight excluding hydrogens is 310 g/mol. The summed E-state index contributed by atoms with van der Waals surface area (Å²) in [6.07, 6.45) is 1.76. The van der Waals surface area contributed by atoms with Crippen molar-refractivity contribution >= 4 is 21.6 Å². The Balaban J connectivity index is 2.22. The summed E-state index contributed by atoms with van der Waals surface area (Å²) in [5.74, 6) is 0.613. The highest BCUT2D eigenvalue weighted by molar-refractivity contribution is 7.89. The summed E-state index contributed by atoms with van der Waals surface area (Å²) in [5, 5.41) is 0. The average Bonchev–Trinajstić information content (AvgIpc) is 2.44. The van der Waals surface area contributed by atoms with Crippen LogP contribution in [0.25, 0.3) is 0 Å². The number of ether oxygens (including phenoxy) is 1. The first-order valence-electron chi connectivity index (χ1n) is 7.13. The highest BCUT2D eigenvalue weighted by atomic mass is 35.5. The van der Waals surface area contributed by atoms with Crippen molar-refractivity contribution in [1.29, 1.82) is 0 Å². The molecule has 118 valence electrons. The summed E-state index contributed by atoms with van der Waals surface area (Å²) in [5.41, 5.74) is 0.588. The van der Waals surface area contributed by atoms with Crippen LogP contribution >= 0.6 is 11.6 Å². The molecule has 0 aromatic heterocycles. The summed E-state index contributed by atoms with van der Waals surface area (Å²) >= 11 is 5.67. The van der Waals surface area contributed by atoms with Crippen molar-refractivity contribution in [3.8, 4) is 0 Å². The van der Waals surface area contributed by atoms with Gasteiger partial charge in [0.05, 0.1) is 23.6 Å². The second kappa shape index (κ2) is 6.65. The molecular formula is C15H22ClNO3S. The number of benzene rings is 1. The van der Waals surface area contributed by atoms with Crippen molar-refractivity contribution in [2.24, 2.45) is 0 Å². The van der Waals surface area contributed by atoms with Gasteiger partial charge in [0.25, 0.3) is 0 Å². The first-order valence-corrected chi connectivity index (χ1v) is 9.11. The summed E-state index contributed by atoms with van der Waals surface area (Å²) in [7, 11) is -3.48. The van der Waals surface area contributed by atoms with Crippen molar-refractivity contribution in [1.82, 2.24) is 4.31 Å². The molecule has 6 heteroatoms. The molecule has 0 amide bonds. The van der Waals surface area contributed by atoms with Crippen LogP contribution in [-0.2, 0) is 21.2 Å². The van der Waals surface area contributed by atoms with Crippen LogP contribution in [0.3, 0.4) is 0 Å². The summed E-state index contributed by atoms with van der Waals surface area (Å²) in [4.78, 5) is 0.340. The largest absolute Gasteiger partial charge is 0.378 e. The highest BCUT2D eigenvalue weighted by Crippen LogP contribution is 2.27. The summed E-state index contributed by atoms with van der Waals surface area (Å²) < 4.78 is 32.5. The van der Waals surface area contributed by atoms with E-state index in [1.165, 1.54) is 4.31 Å². The number of rotatable bonds is 5. The van der Waals surface area contributed by atoms with Crippen LogP contribution in [0, 0.1) is 0 Å². The van der Waals surface area contributed by atoms with Gasteiger partial charge < -0.3 is 4.74 Å². The SMILES string of the molecule is CC1(C)COCCN1S(=O)(=O)c1ccc(CCCCl)cc1. The van der Waals surface area contributed by atoms with Gasteiger partial charge in [-0.2, -0.15) is 4.31 Å². The van der Waals surface area contributed by atoms with Crippen molar-refractivity contribution in [2.45, 2.75) is 37.1 Å². The van der Waals surface area contributed by atoms with Gasteiger partial charge >= 0.3 is 0 Å². The van der Waals surface area contributed by atoms with Gasteiger partial charge in [-0.3, -0.25) is 0 Å². The lowest BCUT2D eigenvalue weighted by atomic mass is 10.1. The van der Waals surface area contributed by atoms with E-state index in [1.807, 2.05) is 26.0 Å². The minimum absolute atomic E-state index is 0.340. The fourth-order valence-corrected chi connectivity index (χ4v) is 4.40. The van der Waals surface area contributed by atoms with E-state index in [2.05, 4.69) is 0 Å². The Morgan fingerprint density at radius 1 is 1.29 bits per heavy atom. The maximum Gasteiger partial charge on any atom is 0.243 e. The van der Waals surface area contributed by atoms with E-state index in [0.29, 0.717) is 30.5 Å². The monoisotopic (exact) mass is 331 g/mol. The molecule has 1 saturated heterocycles. The lowest BCUT2D eigenvalue weighted by Gasteiger charge is -2.40. The number of aryl methyl sites for hydroxylation is 1. The molecule has 1 aromatic carbocycles. The van der Waals surface area contributed by atoms with Crippen molar-refractivity contribution < 1.29 is 13.2 Å². The Bertz CT molecular complexity index is 569. The van der Waals surface area contributed by atoms with E-state index in [4.69, 9.17) is 16.3 Å². The molecule has 1 heterocycles. The number of halogens is 1. The Morgan fingerprint density at radius 2 is 1.95 bits per heavy atom. The van der Waals surface area contributed by atoms with E-state index >= 15 is 0 Å². The second-order valence-electron chi connectivity index (χ2n) is 5.88. The van der Waals surface area contributed by atoms with Gasteiger partial charge in [0.1, 0.15) is 0 Å². The minimum Gasteiger partial charge on any atom is -0.378 e. The topological polar surface area (TPSA) is 46.6 Å². The molecule has 4 nitrogen and oxygen atoms in total. The molecule has 1 aliphatic rings. The normalized spacial score (nSPS) is 19.6. The zero-order valence-corrected chi connectivity index (χ0v) is 14.1. The van der Waals surface area contributed by atoms with Crippen LogP contribution < -0.4 is 0 Å². The van der Waals surface area contributed by atoms with Gasteiger partial charge in [-0.1, -0.05) is 12.1 Å². The lowest BCUT2D eigenvalue weighted by molar-refractivity contribution is -0.00770. The van der Waals surface area contributed by atoms with Gasteiger partial charge in [-0.05, 0) is 44.4 Å². The number of morpholine rings is 1. The molecule has 0 radical (unpaired) electrons. The highest BCUT2D eigenvalue weighted by Gasteiger charge is 2.39. The Kier molecular flexibility index (Phi) is 5.30. The molecule has 2 rings (SSSR count). The third-order valence-corrected chi connectivity index (χ3v) is 6.07. The Labute approximate surface area is 132 Å². The minimum atomic E-state index is -3.48. The molecule has 1 fully saturated rings. The van der Waals surface area contributed by atoms with Crippen LogP contribution in [0.5, 0.6) is 0 Å². The predicted molar refractivity (Wildman–Crippen MR) is 84.3 cm³/mol. The summed E-state index contributed by atoms with van der Waals surface area (Å²) in [6.45, 7) is 5.02. The van der Waals surface area contributed by atoms with Gasteiger partial charge in [0, 0.05) is 12.4 Å². The number of alkyl halides is 1. The molecule has 1 aliphatic heterocycles. The number of sulfonamides is 1. The Hall–Kier alpha value is -0.620. The lowest BCUT2D eigenvalue weighted by Crippen LogP contribution is -2.55. The molecule has 0 unspecified atom stereocenters. The van der Waals surface area contributed by atoms with Crippen LogP contribution in [-0.4, -0.2) is 43.9 Å². The predicted octanol–water partition coefficient (Wildman–Crippen LogP) is 2.66. The van der Waals surface area contributed by atoms with E-state index in [0.717, 1.165) is 18.4 Å². The van der Waals surface area contributed by atoms with Crippen LogP contribution in [0.2, 0.25) is 0 Å². The smallest absolute Gasteiger partial charge is 0.243 e. The third-order valence-electron chi connectivity index (χ3n) is 3.68. The van der Waals surface area contributed by atoms with Crippen LogP contribution in [0.1, 0.15) is 25.8 Å². The van der Waals surface area contributed by atoms with Crippen molar-refractivity contribution in [2.75, 3.05) is 25.6 Å². The van der Waals surface area contributed by atoms with Gasteiger partial charge in [-0.25, -0.2) is 8.42 Å². The number of nitrogens with zero attached hydrogens (tertiary/aromatic N) is 1. The van der Waals surface area contributed by atoms with E-state index < -0.39 is 15.6 Å². The molecule has 0 spiro atoms. The quantitative estimate of drug-likeness (QED) is 0.779. The second-order valence-corrected chi connectivity index (χ2v) is 8.12. The molecule has 1 aromatic rings. The summed E-state index contributed by atoms with van der Waals surface area (Å²) in [6, 6.07) is 7.11. The van der Waals surface area contributed by atoms with Gasteiger partial charge in [-0.15, -0.1) is 11.6 Å². The van der Waals surface area contributed by atoms with Gasteiger partial charge in [0.15, 0.2) is 0 Å². The fraction of sp³-hybridized carbons (Fsp3) is 0.600. The molecule has 21 heavy (non-hydrogen) atoms. The van der Waals surface area contributed by atoms with Crippen molar-refractivity contribution in [3.05, 3.63) is 29.8 Å². The standard InChI is InChI=1S/C15H22ClNO3S/c1-15(2)12-20-11-10-17(15)21(18,19)14-7-5-13(6-8-14)4-3-9-16/h5-8H,3-4,9-12H2,1-2H3. The first-order chi connectivity index (χ1) is 9.88. The molecule has 0 atom stereocenters. The van der Waals surface area contributed by atoms with Gasteiger partial charge in [0.2, 0.25) is 10.0 Å². The first kappa shape index (κ1) is 16.7.